The summed E-state index contributed by atoms with van der Waals surface area (Å²) in [5.74, 6) is 0. The molecule has 11 heavy (non-hydrogen) atoms. The average molecular weight is 157 g/mol. The number of nitrogens with one attached hydrogen (secondary N) is 1. The monoisotopic (exact) mass is 157 g/mol. The Kier molecular flexibility index (Phi) is 3.34. The molecule has 1 fully saturated rings. The van der Waals surface area contributed by atoms with Crippen molar-refractivity contribution in [3.63, 3.8) is 0 Å². The summed E-state index contributed by atoms with van der Waals surface area (Å²) in [6.07, 6.45) is 4.81. The topological polar surface area (TPSA) is 32.3 Å². The van der Waals surface area contributed by atoms with Crippen LogP contribution in [0, 0.1) is 5.41 Å². The summed E-state index contributed by atoms with van der Waals surface area (Å²) in [5, 5.41) is 12.2. The maximum Gasteiger partial charge on any atom is 0.0436 e. The highest BCUT2D eigenvalue weighted by molar-refractivity contribution is 4.94. The van der Waals surface area contributed by atoms with Crippen molar-refractivity contribution in [3.05, 3.63) is 0 Å². The number of aliphatic hydroxyl groups is 1. The molecule has 1 aliphatic rings. The Balaban J connectivity index is 2.04. The van der Waals surface area contributed by atoms with Crippen molar-refractivity contribution in [1.29, 1.82) is 0 Å². The predicted molar refractivity (Wildman–Crippen MR) is 46.5 cm³/mol. The van der Waals surface area contributed by atoms with Crippen LogP contribution in [0.2, 0.25) is 0 Å². The Hall–Kier alpha value is -0.0800. The lowest BCUT2D eigenvalue weighted by atomic mass is 10.0. The fraction of sp³-hybridized carbons (Fsp3) is 1.00. The summed E-state index contributed by atoms with van der Waals surface area (Å²) in [5.41, 5.74) is 0.490. The fourth-order valence-electron chi connectivity index (χ4n) is 1.46. The van der Waals surface area contributed by atoms with E-state index in [0.29, 0.717) is 12.0 Å². The largest absolute Gasteiger partial charge is 0.396 e. The van der Waals surface area contributed by atoms with E-state index in [9.17, 15) is 0 Å². The van der Waals surface area contributed by atoms with Gasteiger partial charge in [0.1, 0.15) is 0 Å². The van der Waals surface area contributed by atoms with Crippen molar-refractivity contribution in [2.45, 2.75) is 32.6 Å². The highest BCUT2D eigenvalue weighted by Gasteiger charge is 2.40. The average Bonchev–Trinajstić information content (AvgIpc) is 2.71. The molecule has 0 aromatic carbocycles. The molecule has 1 aliphatic carbocycles. The molecule has 0 radical (unpaired) electrons. The molecule has 0 saturated heterocycles. The van der Waals surface area contributed by atoms with E-state index in [0.717, 1.165) is 19.5 Å². The first-order chi connectivity index (χ1) is 5.33. The summed E-state index contributed by atoms with van der Waals surface area (Å²) in [6.45, 7) is 4.76. The zero-order valence-electron chi connectivity index (χ0n) is 7.40. The molecule has 0 atom stereocenters. The van der Waals surface area contributed by atoms with Crippen molar-refractivity contribution >= 4 is 0 Å². The number of aliphatic hydroxyl groups excluding tert-OH is 1. The highest BCUT2D eigenvalue weighted by atomic mass is 16.3. The third-order valence-electron chi connectivity index (χ3n) is 2.53. The Morgan fingerprint density at radius 3 is 2.64 bits per heavy atom. The molecule has 0 bridgehead atoms. The van der Waals surface area contributed by atoms with Gasteiger partial charge in [0.15, 0.2) is 0 Å². The first-order valence-electron chi connectivity index (χ1n) is 4.64. The van der Waals surface area contributed by atoms with E-state index < -0.39 is 0 Å². The minimum Gasteiger partial charge on any atom is -0.396 e. The molecule has 2 N–H and O–H groups in total. The lowest BCUT2D eigenvalue weighted by molar-refractivity contribution is 0.245. The molecule has 1 rings (SSSR count). The van der Waals surface area contributed by atoms with Crippen molar-refractivity contribution in [2.75, 3.05) is 19.7 Å². The van der Waals surface area contributed by atoms with E-state index in [1.54, 1.807) is 0 Å². The summed E-state index contributed by atoms with van der Waals surface area (Å²) < 4.78 is 0. The molecule has 0 aromatic heterocycles. The van der Waals surface area contributed by atoms with Crippen LogP contribution in [0.4, 0.5) is 0 Å². The maximum atomic E-state index is 8.77. The first kappa shape index (κ1) is 9.01. The second kappa shape index (κ2) is 4.07. The van der Waals surface area contributed by atoms with E-state index in [1.165, 1.54) is 19.3 Å². The van der Waals surface area contributed by atoms with Crippen LogP contribution < -0.4 is 5.32 Å². The summed E-state index contributed by atoms with van der Waals surface area (Å²) in [4.78, 5) is 0. The van der Waals surface area contributed by atoms with Gasteiger partial charge in [-0.1, -0.05) is 6.92 Å². The molecule has 0 spiro atoms. The van der Waals surface area contributed by atoms with Crippen LogP contribution in [0.5, 0.6) is 0 Å². The normalized spacial score (nSPS) is 20.2. The zero-order valence-corrected chi connectivity index (χ0v) is 7.40. The van der Waals surface area contributed by atoms with Gasteiger partial charge in [-0.25, -0.2) is 0 Å². The van der Waals surface area contributed by atoms with Crippen LogP contribution in [-0.4, -0.2) is 24.8 Å². The number of hydrogen-bond donors (Lipinski definition) is 2. The van der Waals surface area contributed by atoms with E-state index >= 15 is 0 Å². The Labute approximate surface area is 69.0 Å². The summed E-state index contributed by atoms with van der Waals surface area (Å²) >= 11 is 0. The smallest absolute Gasteiger partial charge is 0.0436 e. The van der Waals surface area contributed by atoms with Gasteiger partial charge in [0.2, 0.25) is 0 Å². The molecule has 2 heteroatoms. The van der Waals surface area contributed by atoms with Gasteiger partial charge in [0, 0.05) is 13.2 Å². The van der Waals surface area contributed by atoms with Gasteiger partial charge >= 0.3 is 0 Å². The summed E-state index contributed by atoms with van der Waals surface area (Å²) in [7, 11) is 0. The van der Waals surface area contributed by atoms with Gasteiger partial charge in [-0.2, -0.15) is 0 Å². The van der Waals surface area contributed by atoms with E-state index in [-0.39, 0.29) is 0 Å². The third-order valence-corrected chi connectivity index (χ3v) is 2.53. The Bertz CT molecular complexity index is 110. The van der Waals surface area contributed by atoms with Crippen molar-refractivity contribution in [1.82, 2.24) is 5.32 Å². The second-order valence-electron chi connectivity index (χ2n) is 3.65. The molecule has 0 aromatic rings. The molecule has 0 heterocycles. The van der Waals surface area contributed by atoms with Crippen molar-refractivity contribution < 1.29 is 5.11 Å². The van der Waals surface area contributed by atoms with Gasteiger partial charge in [0.25, 0.3) is 0 Å². The quantitative estimate of drug-likeness (QED) is 0.567. The third kappa shape index (κ3) is 2.80. The number of rotatable bonds is 6. The standard InChI is InChI=1S/C9H19NO/c1-2-6-10-8-9(3-4-9)5-7-11/h10-11H,2-8H2,1H3. The molecular weight excluding hydrogens is 138 g/mol. The van der Waals surface area contributed by atoms with Crippen LogP contribution in [0.1, 0.15) is 32.6 Å². The van der Waals surface area contributed by atoms with Crippen LogP contribution in [-0.2, 0) is 0 Å². The van der Waals surface area contributed by atoms with E-state index in [4.69, 9.17) is 5.11 Å². The minimum absolute atomic E-state index is 0.355. The molecule has 0 amide bonds. The lowest BCUT2D eigenvalue weighted by Crippen LogP contribution is -2.25. The van der Waals surface area contributed by atoms with Crippen LogP contribution >= 0.6 is 0 Å². The van der Waals surface area contributed by atoms with Crippen molar-refractivity contribution in [2.24, 2.45) is 5.41 Å². The highest BCUT2D eigenvalue weighted by Crippen LogP contribution is 2.47. The molecule has 0 aliphatic heterocycles. The SMILES string of the molecule is CCCNCC1(CCO)CC1. The molecule has 1 saturated carbocycles. The first-order valence-corrected chi connectivity index (χ1v) is 4.64. The fourth-order valence-corrected chi connectivity index (χ4v) is 1.46. The van der Waals surface area contributed by atoms with Gasteiger partial charge in [-0.05, 0) is 37.6 Å². The Morgan fingerprint density at radius 1 is 1.45 bits per heavy atom. The van der Waals surface area contributed by atoms with E-state index in [2.05, 4.69) is 12.2 Å². The molecule has 2 nitrogen and oxygen atoms in total. The zero-order chi connectivity index (χ0) is 8.16. The van der Waals surface area contributed by atoms with Gasteiger partial charge in [0.05, 0.1) is 0 Å². The van der Waals surface area contributed by atoms with Crippen LogP contribution in [0.15, 0.2) is 0 Å². The minimum atomic E-state index is 0.355. The van der Waals surface area contributed by atoms with Crippen LogP contribution in [0.25, 0.3) is 0 Å². The van der Waals surface area contributed by atoms with Gasteiger partial charge < -0.3 is 10.4 Å². The Morgan fingerprint density at radius 2 is 2.18 bits per heavy atom. The maximum absolute atomic E-state index is 8.77. The van der Waals surface area contributed by atoms with Gasteiger partial charge in [-0.15, -0.1) is 0 Å². The predicted octanol–water partition coefficient (Wildman–Crippen LogP) is 1.15. The molecular formula is C9H19NO. The van der Waals surface area contributed by atoms with Crippen LogP contribution in [0.3, 0.4) is 0 Å². The lowest BCUT2D eigenvalue weighted by Gasteiger charge is -2.13. The molecule has 66 valence electrons. The van der Waals surface area contributed by atoms with Crippen molar-refractivity contribution in [3.8, 4) is 0 Å². The summed E-state index contributed by atoms with van der Waals surface area (Å²) in [6, 6.07) is 0. The molecule has 0 unspecified atom stereocenters. The number of hydrogen-bond acceptors (Lipinski definition) is 2. The van der Waals surface area contributed by atoms with Gasteiger partial charge in [-0.3, -0.25) is 0 Å². The van der Waals surface area contributed by atoms with E-state index in [1.807, 2.05) is 0 Å². The second-order valence-corrected chi connectivity index (χ2v) is 3.65.